The van der Waals surface area contributed by atoms with Crippen LogP contribution in [0.25, 0.3) is 0 Å². The zero-order chi connectivity index (χ0) is 15.5. The molecule has 116 valence electrons. The molecular weight excluding hydrogens is 266 g/mol. The third-order valence-corrected chi connectivity index (χ3v) is 3.68. The van der Waals surface area contributed by atoms with Gasteiger partial charge < -0.3 is 10.1 Å². The van der Waals surface area contributed by atoms with Crippen molar-refractivity contribution in [1.29, 1.82) is 0 Å². The minimum absolute atomic E-state index is 0.212. The lowest BCUT2D eigenvalue weighted by Crippen LogP contribution is -2.55. The van der Waals surface area contributed by atoms with E-state index in [4.69, 9.17) is 4.74 Å². The number of aromatic nitrogens is 1. The van der Waals surface area contributed by atoms with Crippen molar-refractivity contribution >= 4 is 6.09 Å². The molecule has 0 saturated carbocycles. The minimum Gasteiger partial charge on any atom is -0.391 e. The molecule has 1 fully saturated rings. The Balaban J connectivity index is 2.14. The van der Waals surface area contributed by atoms with Crippen molar-refractivity contribution in [2.45, 2.75) is 52.1 Å². The van der Waals surface area contributed by atoms with E-state index in [2.05, 4.69) is 10.3 Å². The van der Waals surface area contributed by atoms with Crippen LogP contribution in [0, 0.1) is 6.92 Å². The summed E-state index contributed by atoms with van der Waals surface area (Å²) >= 11 is 0. The zero-order valence-corrected chi connectivity index (χ0v) is 13.3. The lowest BCUT2D eigenvalue weighted by atomic mass is 9.98. The van der Waals surface area contributed by atoms with Crippen LogP contribution in [0.3, 0.4) is 0 Å². The van der Waals surface area contributed by atoms with E-state index in [1.165, 1.54) is 0 Å². The Bertz CT molecular complexity index is 491. The van der Waals surface area contributed by atoms with Gasteiger partial charge in [-0.2, -0.15) is 0 Å². The van der Waals surface area contributed by atoms with Crippen LogP contribution in [0.4, 0.5) is 4.79 Å². The van der Waals surface area contributed by atoms with Crippen LogP contribution in [0.15, 0.2) is 18.3 Å². The molecule has 2 heterocycles. The summed E-state index contributed by atoms with van der Waals surface area (Å²) in [5.74, 6) is 0.364. The number of carbonyl (C=O) groups is 1. The van der Waals surface area contributed by atoms with E-state index in [1.807, 2.05) is 38.7 Å². The largest absolute Gasteiger partial charge is 0.417 e. The molecule has 1 aromatic rings. The van der Waals surface area contributed by atoms with Gasteiger partial charge in [-0.25, -0.2) is 9.78 Å². The van der Waals surface area contributed by atoms with Gasteiger partial charge in [0.1, 0.15) is 0 Å². The number of hydrogen-bond donors (Lipinski definition) is 1. The van der Waals surface area contributed by atoms with Gasteiger partial charge in [0.15, 0.2) is 0 Å². The summed E-state index contributed by atoms with van der Waals surface area (Å²) in [7, 11) is 0. The van der Waals surface area contributed by atoms with Crippen LogP contribution < -0.4 is 10.1 Å². The summed E-state index contributed by atoms with van der Waals surface area (Å²) < 4.78 is 5.49. The third kappa shape index (κ3) is 4.17. The second-order valence-corrected chi connectivity index (χ2v) is 6.56. The first-order chi connectivity index (χ1) is 9.88. The molecule has 5 heteroatoms. The lowest BCUT2D eigenvalue weighted by Gasteiger charge is -2.42. The number of hydrogen-bond acceptors (Lipinski definition) is 4. The van der Waals surface area contributed by atoms with Crippen molar-refractivity contribution in [3.63, 3.8) is 0 Å². The van der Waals surface area contributed by atoms with Gasteiger partial charge in [-0.3, -0.25) is 4.90 Å². The number of carbonyl (C=O) groups excluding carboxylic acids is 1. The molecule has 0 unspecified atom stereocenters. The molecule has 0 radical (unpaired) electrons. The molecule has 0 spiro atoms. The molecule has 21 heavy (non-hydrogen) atoms. The molecule has 1 aliphatic heterocycles. The van der Waals surface area contributed by atoms with Gasteiger partial charge in [0, 0.05) is 23.8 Å². The Labute approximate surface area is 126 Å². The van der Waals surface area contributed by atoms with Gasteiger partial charge in [0.05, 0.1) is 0 Å². The summed E-state index contributed by atoms with van der Waals surface area (Å²) in [6, 6.07) is 3.87. The van der Waals surface area contributed by atoms with Crippen molar-refractivity contribution in [3.8, 4) is 5.88 Å². The summed E-state index contributed by atoms with van der Waals surface area (Å²) in [4.78, 5) is 18.6. The Hall–Kier alpha value is -1.62. The monoisotopic (exact) mass is 291 g/mol. The van der Waals surface area contributed by atoms with Crippen LogP contribution >= 0.6 is 0 Å². The van der Waals surface area contributed by atoms with Crippen molar-refractivity contribution in [2.24, 2.45) is 0 Å². The highest BCUT2D eigenvalue weighted by molar-refractivity contribution is 5.71. The van der Waals surface area contributed by atoms with Gasteiger partial charge in [-0.05, 0) is 65.3 Å². The maximum atomic E-state index is 12.6. The molecule has 0 aliphatic carbocycles. The molecule has 1 aromatic heterocycles. The highest BCUT2D eigenvalue weighted by atomic mass is 16.6. The van der Waals surface area contributed by atoms with Gasteiger partial charge in [0.25, 0.3) is 0 Å². The van der Waals surface area contributed by atoms with Crippen LogP contribution in [0.1, 0.15) is 39.2 Å². The fraction of sp³-hybridized carbons (Fsp3) is 0.625. The van der Waals surface area contributed by atoms with E-state index in [-0.39, 0.29) is 17.7 Å². The molecule has 0 atom stereocenters. The van der Waals surface area contributed by atoms with Crippen LogP contribution in [-0.4, -0.2) is 40.6 Å². The number of nitrogens with zero attached hydrogens (tertiary/aromatic N) is 2. The molecular formula is C16H25N3O2. The van der Waals surface area contributed by atoms with E-state index >= 15 is 0 Å². The van der Waals surface area contributed by atoms with Crippen molar-refractivity contribution < 1.29 is 9.53 Å². The Kier molecular flexibility index (Phi) is 4.83. The number of rotatable bonds is 2. The number of piperidine rings is 1. The number of pyridine rings is 1. The molecule has 1 N–H and O–H groups in total. The fourth-order valence-electron chi connectivity index (χ4n) is 2.74. The highest BCUT2D eigenvalue weighted by Gasteiger charge is 2.35. The summed E-state index contributed by atoms with van der Waals surface area (Å²) in [6.07, 6.45) is 3.25. The predicted molar refractivity (Wildman–Crippen MR) is 82.5 cm³/mol. The number of amides is 1. The predicted octanol–water partition coefficient (Wildman–Crippen LogP) is 2.74. The summed E-state index contributed by atoms with van der Waals surface area (Å²) in [5.41, 5.74) is 0.750. The van der Waals surface area contributed by atoms with E-state index < -0.39 is 0 Å². The van der Waals surface area contributed by atoms with Gasteiger partial charge in [0.2, 0.25) is 5.88 Å². The summed E-state index contributed by atoms with van der Waals surface area (Å²) in [6.45, 7) is 9.95. The zero-order valence-electron chi connectivity index (χ0n) is 13.3. The topological polar surface area (TPSA) is 54.5 Å². The van der Waals surface area contributed by atoms with Gasteiger partial charge in [-0.15, -0.1) is 0 Å². The fourth-order valence-corrected chi connectivity index (χ4v) is 2.74. The van der Waals surface area contributed by atoms with Crippen LogP contribution in [0.2, 0.25) is 0 Å². The number of ether oxygens (including phenoxy) is 1. The SMILES string of the molecule is Cc1ccnc(OC(=O)N(C2CCNCC2)C(C)(C)C)c1. The molecule has 0 bridgehead atoms. The smallest absolute Gasteiger partial charge is 0.391 e. The number of nitrogens with one attached hydrogen (secondary N) is 1. The number of aryl methyl sites for hydroxylation is 1. The second-order valence-electron chi connectivity index (χ2n) is 6.56. The van der Waals surface area contributed by atoms with E-state index in [0.29, 0.717) is 5.88 Å². The van der Waals surface area contributed by atoms with Crippen LogP contribution in [-0.2, 0) is 0 Å². The molecule has 1 aliphatic rings. The van der Waals surface area contributed by atoms with Crippen LogP contribution in [0.5, 0.6) is 5.88 Å². The molecule has 1 amide bonds. The van der Waals surface area contributed by atoms with E-state index in [1.54, 1.807) is 12.3 Å². The van der Waals surface area contributed by atoms with Crippen molar-refractivity contribution in [3.05, 3.63) is 23.9 Å². The Morgan fingerprint density at radius 3 is 2.62 bits per heavy atom. The first-order valence-corrected chi connectivity index (χ1v) is 7.52. The maximum absolute atomic E-state index is 12.6. The first-order valence-electron chi connectivity index (χ1n) is 7.52. The summed E-state index contributed by atoms with van der Waals surface area (Å²) in [5, 5.41) is 3.33. The Morgan fingerprint density at radius 2 is 2.05 bits per heavy atom. The Morgan fingerprint density at radius 1 is 1.38 bits per heavy atom. The minimum atomic E-state index is -0.312. The first kappa shape index (κ1) is 15.8. The molecule has 5 nitrogen and oxygen atoms in total. The second kappa shape index (κ2) is 6.43. The van der Waals surface area contributed by atoms with Crippen molar-refractivity contribution in [1.82, 2.24) is 15.2 Å². The lowest BCUT2D eigenvalue weighted by molar-refractivity contribution is 0.0635. The average molecular weight is 291 g/mol. The van der Waals surface area contributed by atoms with E-state index in [9.17, 15) is 4.79 Å². The standard InChI is InChI=1S/C16H25N3O2/c1-12-5-10-18-14(11-12)21-15(20)19(16(2,3)4)13-6-8-17-9-7-13/h5,10-11,13,17H,6-9H2,1-4H3. The van der Waals surface area contributed by atoms with Gasteiger partial charge in [-0.1, -0.05) is 0 Å². The van der Waals surface area contributed by atoms with Gasteiger partial charge >= 0.3 is 6.09 Å². The molecule has 2 rings (SSSR count). The third-order valence-electron chi connectivity index (χ3n) is 3.68. The normalized spacial score (nSPS) is 16.6. The average Bonchev–Trinajstić information content (AvgIpc) is 2.38. The quantitative estimate of drug-likeness (QED) is 0.910. The highest BCUT2D eigenvalue weighted by Crippen LogP contribution is 2.24. The maximum Gasteiger partial charge on any atom is 0.417 e. The van der Waals surface area contributed by atoms with E-state index in [0.717, 1.165) is 31.5 Å². The molecule has 1 saturated heterocycles. The molecule has 0 aromatic carbocycles. The van der Waals surface area contributed by atoms with Crippen molar-refractivity contribution in [2.75, 3.05) is 13.1 Å².